The minimum absolute atomic E-state index is 0.156. The van der Waals surface area contributed by atoms with E-state index in [1.54, 1.807) is 24.3 Å². The van der Waals surface area contributed by atoms with Crippen LogP contribution in [0.1, 0.15) is 31.7 Å². The number of carbonyl (C=O) groups is 3. The molecule has 12 heteroatoms. The zero-order valence-corrected chi connectivity index (χ0v) is 17.9. The predicted octanol–water partition coefficient (Wildman–Crippen LogP) is 1.01. The molecule has 12 nitrogen and oxygen atoms in total. The number of nitrogens with one attached hydrogen (secondary N) is 3. The zero-order valence-electron chi connectivity index (χ0n) is 17.9. The van der Waals surface area contributed by atoms with E-state index >= 15 is 0 Å². The summed E-state index contributed by atoms with van der Waals surface area (Å²) in [6, 6.07) is 4.89. The highest BCUT2D eigenvalue weighted by Crippen LogP contribution is 2.15. The Bertz CT molecular complexity index is 694. The Morgan fingerprint density at radius 1 is 1.00 bits per heavy atom. The van der Waals surface area contributed by atoms with Crippen molar-refractivity contribution in [1.82, 2.24) is 16.0 Å². The van der Waals surface area contributed by atoms with Gasteiger partial charge in [-0.25, -0.2) is 14.6 Å². The minimum Gasteiger partial charge on any atom is -0.485 e. The van der Waals surface area contributed by atoms with E-state index in [-0.39, 0.29) is 25.5 Å². The van der Waals surface area contributed by atoms with Crippen LogP contribution in [0.5, 0.6) is 5.75 Å². The van der Waals surface area contributed by atoms with E-state index in [0.29, 0.717) is 17.9 Å². The minimum atomic E-state index is -1.20. The largest absolute Gasteiger partial charge is 0.485 e. The number of urea groups is 1. The first-order chi connectivity index (χ1) is 15.4. The molecule has 1 rings (SSSR count). The summed E-state index contributed by atoms with van der Waals surface area (Å²) in [5, 5.41) is 33.2. The molecule has 0 radical (unpaired) electrons. The number of aliphatic carboxylic acids is 1. The van der Waals surface area contributed by atoms with Gasteiger partial charge in [0.15, 0.2) is 6.10 Å². The Hall–Kier alpha value is -2.93. The summed E-state index contributed by atoms with van der Waals surface area (Å²) in [7, 11) is 0. The third kappa shape index (κ3) is 11.5. The Balaban J connectivity index is 2.77. The van der Waals surface area contributed by atoms with Crippen LogP contribution in [0.4, 0.5) is 4.79 Å². The third-order valence-electron chi connectivity index (χ3n) is 4.29. The highest BCUT2D eigenvalue weighted by molar-refractivity contribution is 5.88. The summed E-state index contributed by atoms with van der Waals surface area (Å²) in [5.74, 6) is -1.18. The number of rotatable bonds is 16. The van der Waals surface area contributed by atoms with Gasteiger partial charge in [-0.15, -0.1) is 0 Å². The molecule has 0 aliphatic carbocycles. The van der Waals surface area contributed by atoms with E-state index < -0.39 is 30.7 Å². The Kier molecular flexibility index (Phi) is 13.4. The van der Waals surface area contributed by atoms with Crippen molar-refractivity contribution in [3.8, 4) is 5.75 Å². The summed E-state index contributed by atoms with van der Waals surface area (Å²) in [6.07, 6.45) is 2.17. The number of hydrogen-bond donors (Lipinski definition) is 6. The van der Waals surface area contributed by atoms with Crippen LogP contribution in [0.2, 0.25) is 0 Å². The van der Waals surface area contributed by atoms with E-state index in [4.69, 9.17) is 20.4 Å². The summed E-state index contributed by atoms with van der Waals surface area (Å²) >= 11 is 0. The molecule has 1 unspecified atom stereocenters. The van der Waals surface area contributed by atoms with Crippen LogP contribution in [0.25, 0.3) is 0 Å². The highest BCUT2D eigenvalue weighted by atomic mass is 17.1. The van der Waals surface area contributed by atoms with Crippen molar-refractivity contribution in [2.45, 2.75) is 44.8 Å². The predicted molar refractivity (Wildman–Crippen MR) is 112 cm³/mol. The van der Waals surface area contributed by atoms with Crippen LogP contribution in [-0.2, 0) is 25.8 Å². The van der Waals surface area contributed by atoms with Gasteiger partial charge in [-0.3, -0.25) is 20.1 Å². The first kappa shape index (κ1) is 27.1. The molecule has 0 fully saturated rings. The Morgan fingerprint density at radius 3 is 2.22 bits per heavy atom. The molecule has 1 aromatic rings. The van der Waals surface area contributed by atoms with Gasteiger partial charge in [-0.1, -0.05) is 31.9 Å². The maximum atomic E-state index is 12.6. The fraction of sp³-hybridized carbons (Fsp3) is 0.550. The lowest BCUT2D eigenvalue weighted by Gasteiger charge is -2.19. The second kappa shape index (κ2) is 15.8. The van der Waals surface area contributed by atoms with Gasteiger partial charge >= 0.3 is 12.0 Å². The van der Waals surface area contributed by atoms with Gasteiger partial charge in [0.25, 0.3) is 0 Å². The first-order valence-corrected chi connectivity index (χ1v) is 10.2. The molecule has 0 bridgehead atoms. The molecule has 32 heavy (non-hydrogen) atoms. The smallest absolute Gasteiger partial charge is 0.323 e. The molecule has 1 atom stereocenters. The molecule has 0 saturated carbocycles. The molecule has 0 aromatic heterocycles. The lowest BCUT2D eigenvalue weighted by Crippen LogP contribution is -2.51. The molecule has 0 saturated heterocycles. The second-order valence-corrected chi connectivity index (χ2v) is 6.95. The third-order valence-corrected chi connectivity index (χ3v) is 4.29. The lowest BCUT2D eigenvalue weighted by molar-refractivity contribution is -0.286. The number of benzene rings is 1. The molecular formula is C20H31N3O9. The van der Waals surface area contributed by atoms with Crippen LogP contribution in [-0.4, -0.2) is 72.0 Å². The number of carbonyl (C=O) groups excluding carboxylic acids is 2. The van der Waals surface area contributed by atoms with Crippen LogP contribution in [0.3, 0.4) is 0 Å². The van der Waals surface area contributed by atoms with Crippen LogP contribution in [0, 0.1) is 0 Å². The molecule has 3 amide bonds. The Labute approximate surface area is 185 Å². The average molecular weight is 457 g/mol. The van der Waals surface area contributed by atoms with Crippen molar-refractivity contribution in [3.63, 3.8) is 0 Å². The van der Waals surface area contributed by atoms with Crippen molar-refractivity contribution >= 4 is 17.9 Å². The average Bonchev–Trinajstić information content (AvgIpc) is 2.76. The number of ether oxygens (including phenoxy) is 1. The molecular weight excluding hydrogens is 426 g/mol. The van der Waals surface area contributed by atoms with Gasteiger partial charge in [-0.2, -0.15) is 0 Å². The normalized spacial score (nSPS) is 11.6. The maximum absolute atomic E-state index is 12.6. The maximum Gasteiger partial charge on any atom is 0.323 e. The first-order valence-electron chi connectivity index (χ1n) is 10.2. The van der Waals surface area contributed by atoms with E-state index in [1.807, 2.05) is 6.92 Å². The summed E-state index contributed by atoms with van der Waals surface area (Å²) in [6.45, 7) is 1.49. The van der Waals surface area contributed by atoms with Crippen molar-refractivity contribution < 1.29 is 44.5 Å². The molecule has 180 valence electrons. The van der Waals surface area contributed by atoms with Crippen LogP contribution < -0.4 is 20.7 Å². The van der Waals surface area contributed by atoms with Crippen molar-refractivity contribution in [2.75, 3.05) is 26.3 Å². The van der Waals surface area contributed by atoms with E-state index in [2.05, 4.69) is 25.7 Å². The van der Waals surface area contributed by atoms with E-state index in [9.17, 15) is 14.4 Å². The Morgan fingerprint density at radius 2 is 1.66 bits per heavy atom. The summed E-state index contributed by atoms with van der Waals surface area (Å²) in [5.41, 5.74) is 0.706. The van der Waals surface area contributed by atoms with Crippen LogP contribution in [0.15, 0.2) is 24.3 Å². The van der Waals surface area contributed by atoms with Gasteiger partial charge in [0.1, 0.15) is 31.5 Å². The number of carboxylic acid groups (broad SMARTS) is 1. The summed E-state index contributed by atoms with van der Waals surface area (Å²) < 4.78 is 5.51. The lowest BCUT2D eigenvalue weighted by atomic mass is 10.0. The van der Waals surface area contributed by atoms with Crippen molar-refractivity contribution in [1.29, 1.82) is 0 Å². The second-order valence-electron chi connectivity index (χ2n) is 6.95. The fourth-order valence-corrected chi connectivity index (χ4v) is 2.70. The molecule has 6 N–H and O–H groups in total. The standard InChI is InChI=1S/C20H31N3O9/c1-2-3-4-9-21-19(26)17(23-20(27)22-11-18(24)25)10-14-5-7-15(8-6-14)32-16(12-30-28)13-31-29/h5-8,16-17,28-29H,2-4,9-13H2,1H3,(H,21,26)(H,24,25)(H2,22,23,27). The molecule has 0 spiro atoms. The van der Waals surface area contributed by atoms with Gasteiger partial charge in [0.05, 0.1) is 0 Å². The topological polar surface area (TPSA) is 176 Å². The number of unbranched alkanes of at least 4 members (excludes halogenated alkanes) is 2. The number of hydrogen-bond acceptors (Lipinski definition) is 8. The van der Waals surface area contributed by atoms with Gasteiger partial charge in [-0.05, 0) is 24.1 Å². The van der Waals surface area contributed by atoms with Crippen molar-refractivity contribution in [3.05, 3.63) is 29.8 Å². The van der Waals surface area contributed by atoms with E-state index in [0.717, 1.165) is 19.3 Å². The van der Waals surface area contributed by atoms with E-state index in [1.165, 1.54) is 0 Å². The molecule has 0 heterocycles. The SMILES string of the molecule is CCCCCNC(=O)C(Cc1ccc(OC(COO)COO)cc1)NC(=O)NCC(=O)O. The quantitative estimate of drug-likeness (QED) is 0.120. The van der Waals surface area contributed by atoms with Gasteiger partial charge in [0.2, 0.25) is 5.91 Å². The molecule has 1 aromatic carbocycles. The zero-order chi connectivity index (χ0) is 23.8. The summed E-state index contributed by atoms with van der Waals surface area (Å²) in [4.78, 5) is 43.2. The number of amides is 3. The molecule has 0 aliphatic heterocycles. The number of carboxylic acids is 1. The van der Waals surface area contributed by atoms with Gasteiger partial charge < -0.3 is 25.8 Å². The van der Waals surface area contributed by atoms with Gasteiger partial charge in [0, 0.05) is 13.0 Å². The highest BCUT2D eigenvalue weighted by Gasteiger charge is 2.21. The molecule has 0 aliphatic rings. The van der Waals surface area contributed by atoms with Crippen LogP contribution >= 0.6 is 0 Å². The van der Waals surface area contributed by atoms with Crippen molar-refractivity contribution in [2.24, 2.45) is 0 Å². The fourth-order valence-electron chi connectivity index (χ4n) is 2.70. The monoisotopic (exact) mass is 457 g/mol.